The maximum atomic E-state index is 12.6. The predicted octanol–water partition coefficient (Wildman–Crippen LogP) is 2.81. The van der Waals surface area contributed by atoms with Crippen molar-refractivity contribution in [1.29, 1.82) is 0 Å². The smallest absolute Gasteiger partial charge is 0.342 e. The Labute approximate surface area is 178 Å². The van der Waals surface area contributed by atoms with E-state index in [1.807, 2.05) is 0 Å². The van der Waals surface area contributed by atoms with Crippen LogP contribution in [0.2, 0.25) is 0 Å². The number of non-ortho nitro benzene ring substituents is 1. The van der Waals surface area contributed by atoms with E-state index < -0.39 is 22.9 Å². The van der Waals surface area contributed by atoms with Crippen LogP contribution in [0, 0.1) is 10.1 Å². The highest BCUT2D eigenvalue weighted by molar-refractivity contribution is 5.99. The zero-order valence-corrected chi connectivity index (χ0v) is 17.6. The second kappa shape index (κ2) is 10.1. The van der Waals surface area contributed by atoms with Gasteiger partial charge in [0.1, 0.15) is 11.3 Å². The number of hydrogen-bond donors (Lipinski definition) is 1. The number of nitrogens with zero attached hydrogens (tertiary/aromatic N) is 1. The Morgan fingerprint density at radius 3 is 2.10 bits per heavy atom. The van der Waals surface area contributed by atoms with Crippen LogP contribution >= 0.6 is 0 Å². The molecule has 2 aromatic rings. The fourth-order valence-electron chi connectivity index (χ4n) is 2.68. The van der Waals surface area contributed by atoms with Gasteiger partial charge in [-0.2, -0.15) is 0 Å². The van der Waals surface area contributed by atoms with E-state index in [2.05, 4.69) is 5.32 Å². The van der Waals surface area contributed by atoms with Crippen LogP contribution in [0.1, 0.15) is 17.3 Å². The molecule has 0 aliphatic carbocycles. The van der Waals surface area contributed by atoms with Crippen LogP contribution in [-0.2, 0) is 9.53 Å². The standard InChI is InChI=1S/C20H22N2O9/c1-11(19(23)21-14-10-12(22(25)26)6-8-15(14)27-2)31-20(24)13-7-9-16(28-3)18(30-5)17(13)29-4/h6-11H,1-5H3,(H,21,23). The van der Waals surface area contributed by atoms with Gasteiger partial charge in [-0.25, -0.2) is 4.79 Å². The van der Waals surface area contributed by atoms with Crippen molar-refractivity contribution in [3.8, 4) is 23.0 Å². The number of ether oxygens (including phenoxy) is 5. The van der Waals surface area contributed by atoms with Gasteiger partial charge in [-0.05, 0) is 25.1 Å². The largest absolute Gasteiger partial charge is 0.495 e. The fraction of sp³-hybridized carbons (Fsp3) is 0.300. The molecule has 0 saturated carbocycles. The number of nitrogens with one attached hydrogen (secondary N) is 1. The lowest BCUT2D eigenvalue weighted by Crippen LogP contribution is -2.30. The molecule has 0 heterocycles. The van der Waals surface area contributed by atoms with Gasteiger partial charge in [0.15, 0.2) is 17.6 Å². The van der Waals surface area contributed by atoms with Gasteiger partial charge in [0, 0.05) is 12.1 Å². The number of benzene rings is 2. The van der Waals surface area contributed by atoms with Crippen molar-refractivity contribution in [3.05, 3.63) is 46.0 Å². The third kappa shape index (κ3) is 5.13. The summed E-state index contributed by atoms with van der Waals surface area (Å²) >= 11 is 0. The molecule has 0 fully saturated rings. The first-order valence-electron chi connectivity index (χ1n) is 8.90. The van der Waals surface area contributed by atoms with Gasteiger partial charge in [-0.15, -0.1) is 0 Å². The number of carbonyl (C=O) groups is 2. The Kier molecular flexibility index (Phi) is 7.61. The summed E-state index contributed by atoms with van der Waals surface area (Å²) in [6, 6.07) is 6.64. The highest BCUT2D eigenvalue weighted by Gasteiger charge is 2.26. The minimum atomic E-state index is -1.24. The Morgan fingerprint density at radius 2 is 1.55 bits per heavy atom. The van der Waals surface area contributed by atoms with Gasteiger partial charge in [-0.1, -0.05) is 0 Å². The number of methoxy groups -OCH3 is 4. The molecule has 1 unspecified atom stereocenters. The molecule has 31 heavy (non-hydrogen) atoms. The molecule has 2 aromatic carbocycles. The molecule has 0 spiro atoms. The van der Waals surface area contributed by atoms with Crippen LogP contribution in [0.3, 0.4) is 0 Å². The van der Waals surface area contributed by atoms with Crippen molar-refractivity contribution < 1.29 is 38.2 Å². The van der Waals surface area contributed by atoms with Crippen LogP contribution in [-0.4, -0.2) is 51.3 Å². The van der Waals surface area contributed by atoms with Crippen molar-refractivity contribution in [3.63, 3.8) is 0 Å². The number of rotatable bonds is 9. The molecule has 1 amide bonds. The molecule has 0 aliphatic rings. The third-order valence-corrected chi connectivity index (χ3v) is 4.23. The Morgan fingerprint density at radius 1 is 0.935 bits per heavy atom. The molecule has 0 aromatic heterocycles. The molecule has 0 radical (unpaired) electrons. The summed E-state index contributed by atoms with van der Waals surface area (Å²) in [5.74, 6) is -0.728. The van der Waals surface area contributed by atoms with E-state index in [1.165, 1.54) is 59.6 Å². The van der Waals surface area contributed by atoms with Crippen LogP contribution < -0.4 is 24.3 Å². The first-order valence-corrected chi connectivity index (χ1v) is 8.90. The molecule has 0 saturated heterocycles. The van der Waals surface area contributed by atoms with E-state index in [1.54, 1.807) is 0 Å². The van der Waals surface area contributed by atoms with Gasteiger partial charge in [0.2, 0.25) is 5.75 Å². The number of esters is 1. The van der Waals surface area contributed by atoms with E-state index in [9.17, 15) is 19.7 Å². The summed E-state index contributed by atoms with van der Waals surface area (Å²) in [5.41, 5.74) is -0.156. The molecule has 11 nitrogen and oxygen atoms in total. The summed E-state index contributed by atoms with van der Waals surface area (Å²) in [4.78, 5) is 35.5. The molecular weight excluding hydrogens is 412 g/mol. The normalized spacial score (nSPS) is 11.1. The van der Waals surface area contributed by atoms with Crippen LogP contribution in [0.4, 0.5) is 11.4 Å². The number of hydrogen-bond acceptors (Lipinski definition) is 9. The summed E-state index contributed by atoms with van der Waals surface area (Å²) in [6.45, 7) is 1.35. The van der Waals surface area contributed by atoms with Crippen LogP contribution in [0.15, 0.2) is 30.3 Å². The van der Waals surface area contributed by atoms with E-state index in [-0.39, 0.29) is 34.2 Å². The number of nitro benzene ring substituents is 1. The third-order valence-electron chi connectivity index (χ3n) is 4.23. The minimum Gasteiger partial charge on any atom is -0.495 e. The minimum absolute atomic E-state index is 0.0210. The molecular formula is C20H22N2O9. The highest BCUT2D eigenvalue weighted by atomic mass is 16.6. The molecule has 1 atom stereocenters. The lowest BCUT2D eigenvalue weighted by Gasteiger charge is -2.18. The van der Waals surface area contributed by atoms with Crippen molar-refractivity contribution in [2.24, 2.45) is 0 Å². The Balaban J connectivity index is 2.21. The summed E-state index contributed by atoms with van der Waals surface area (Å²) < 4.78 is 26.0. The maximum Gasteiger partial charge on any atom is 0.342 e. The van der Waals surface area contributed by atoms with Crippen molar-refractivity contribution in [1.82, 2.24) is 0 Å². The van der Waals surface area contributed by atoms with Gasteiger partial charge < -0.3 is 29.0 Å². The first-order chi connectivity index (χ1) is 14.8. The second-order valence-corrected chi connectivity index (χ2v) is 6.06. The zero-order chi connectivity index (χ0) is 23.1. The molecule has 0 bridgehead atoms. The monoisotopic (exact) mass is 434 g/mol. The van der Waals surface area contributed by atoms with Crippen LogP contribution in [0.5, 0.6) is 23.0 Å². The molecule has 0 aliphatic heterocycles. The van der Waals surface area contributed by atoms with Crippen molar-refractivity contribution in [2.75, 3.05) is 33.8 Å². The fourth-order valence-corrected chi connectivity index (χ4v) is 2.68. The SMILES string of the molecule is COc1ccc([N+](=O)[O-])cc1NC(=O)C(C)OC(=O)c1ccc(OC)c(OC)c1OC. The number of amides is 1. The molecule has 2 rings (SSSR count). The number of anilines is 1. The lowest BCUT2D eigenvalue weighted by atomic mass is 10.1. The summed E-state index contributed by atoms with van der Waals surface area (Å²) in [7, 11) is 5.52. The predicted molar refractivity (Wildman–Crippen MR) is 109 cm³/mol. The quantitative estimate of drug-likeness (QED) is 0.359. The molecule has 1 N–H and O–H groups in total. The van der Waals surface area contributed by atoms with Crippen LogP contribution in [0.25, 0.3) is 0 Å². The van der Waals surface area contributed by atoms with E-state index in [4.69, 9.17) is 23.7 Å². The average molecular weight is 434 g/mol. The first kappa shape index (κ1) is 23.3. The summed E-state index contributed by atoms with van der Waals surface area (Å²) in [6.07, 6.45) is -1.24. The zero-order valence-electron chi connectivity index (χ0n) is 17.6. The molecule has 166 valence electrons. The van der Waals surface area contributed by atoms with E-state index in [0.29, 0.717) is 5.75 Å². The topological polar surface area (TPSA) is 135 Å². The van der Waals surface area contributed by atoms with Gasteiger partial charge in [-0.3, -0.25) is 14.9 Å². The number of carbonyl (C=O) groups excluding carboxylic acids is 2. The summed E-state index contributed by atoms with van der Waals surface area (Å²) in [5, 5.41) is 13.4. The highest BCUT2D eigenvalue weighted by Crippen LogP contribution is 2.40. The Bertz CT molecular complexity index is 991. The molecule has 11 heteroatoms. The van der Waals surface area contributed by atoms with Gasteiger partial charge in [0.05, 0.1) is 39.0 Å². The van der Waals surface area contributed by atoms with E-state index in [0.717, 1.165) is 6.07 Å². The van der Waals surface area contributed by atoms with Crippen molar-refractivity contribution in [2.45, 2.75) is 13.0 Å². The van der Waals surface area contributed by atoms with Gasteiger partial charge >= 0.3 is 5.97 Å². The lowest BCUT2D eigenvalue weighted by molar-refractivity contribution is -0.384. The van der Waals surface area contributed by atoms with Gasteiger partial charge in [0.25, 0.3) is 11.6 Å². The number of nitro groups is 1. The van der Waals surface area contributed by atoms with Crippen molar-refractivity contribution >= 4 is 23.3 Å². The second-order valence-electron chi connectivity index (χ2n) is 6.06. The average Bonchev–Trinajstić information content (AvgIpc) is 2.77. The maximum absolute atomic E-state index is 12.6. The van der Waals surface area contributed by atoms with E-state index >= 15 is 0 Å². The Hall–Kier alpha value is -4.02.